The first-order chi connectivity index (χ1) is 9.19. The molecule has 0 aliphatic heterocycles. The van der Waals surface area contributed by atoms with E-state index < -0.39 is 0 Å². The molecule has 4 heteroatoms. The molecule has 4 nitrogen and oxygen atoms in total. The Morgan fingerprint density at radius 1 is 1.16 bits per heavy atom. The summed E-state index contributed by atoms with van der Waals surface area (Å²) < 4.78 is 11.1. The number of aliphatic hydroxyl groups excluding tert-OH is 1. The predicted molar refractivity (Wildman–Crippen MR) is 72.4 cm³/mol. The van der Waals surface area contributed by atoms with Crippen molar-refractivity contribution < 1.29 is 14.3 Å². The van der Waals surface area contributed by atoms with E-state index in [-0.39, 0.29) is 6.61 Å². The summed E-state index contributed by atoms with van der Waals surface area (Å²) in [6, 6.07) is 7.94. The largest absolute Gasteiger partial charge is 0.493 e. The van der Waals surface area contributed by atoms with Gasteiger partial charge in [-0.25, -0.2) is 4.98 Å². The molecule has 0 radical (unpaired) electrons. The van der Waals surface area contributed by atoms with Gasteiger partial charge in [-0.15, -0.1) is 0 Å². The lowest BCUT2D eigenvalue weighted by molar-refractivity contribution is 0.297. The van der Waals surface area contributed by atoms with Gasteiger partial charge in [-0.3, -0.25) is 0 Å². The maximum Gasteiger partial charge on any atom is 0.198 e. The van der Waals surface area contributed by atoms with Crippen molar-refractivity contribution in [3.63, 3.8) is 0 Å². The van der Waals surface area contributed by atoms with Crippen molar-refractivity contribution in [3.05, 3.63) is 47.2 Å². The van der Waals surface area contributed by atoms with Gasteiger partial charge in [0.25, 0.3) is 0 Å². The number of nitrogens with zero attached hydrogens (tertiary/aromatic N) is 1. The molecule has 0 saturated carbocycles. The van der Waals surface area contributed by atoms with Crippen LogP contribution in [0.1, 0.15) is 22.9 Å². The van der Waals surface area contributed by atoms with Crippen LogP contribution in [0.3, 0.4) is 0 Å². The van der Waals surface area contributed by atoms with Crippen molar-refractivity contribution >= 4 is 0 Å². The standard InChI is InChI=1S/C15H19NO3/c1-11-3-5-13(6-4-11)18-10-8-15-16-14(7-9-17)12(2)19-15/h3-6,17H,7-10H2,1-2H3. The number of aromatic nitrogens is 1. The number of rotatable bonds is 6. The number of aliphatic hydroxyl groups is 1. The van der Waals surface area contributed by atoms with Gasteiger partial charge in [-0.1, -0.05) is 17.7 Å². The summed E-state index contributed by atoms with van der Waals surface area (Å²) >= 11 is 0. The van der Waals surface area contributed by atoms with E-state index in [0.717, 1.165) is 17.2 Å². The number of ether oxygens (including phenoxy) is 1. The summed E-state index contributed by atoms with van der Waals surface area (Å²) in [7, 11) is 0. The van der Waals surface area contributed by atoms with Crippen LogP contribution in [-0.2, 0) is 12.8 Å². The number of hydrogen-bond donors (Lipinski definition) is 1. The highest BCUT2D eigenvalue weighted by Crippen LogP contribution is 2.14. The molecule has 0 spiro atoms. The first-order valence-electron chi connectivity index (χ1n) is 6.44. The van der Waals surface area contributed by atoms with Gasteiger partial charge in [-0.05, 0) is 26.0 Å². The van der Waals surface area contributed by atoms with E-state index in [0.29, 0.717) is 25.3 Å². The molecule has 0 atom stereocenters. The van der Waals surface area contributed by atoms with E-state index in [9.17, 15) is 0 Å². The minimum Gasteiger partial charge on any atom is -0.493 e. The number of aryl methyl sites for hydroxylation is 2. The van der Waals surface area contributed by atoms with Crippen molar-refractivity contribution in [1.29, 1.82) is 0 Å². The number of hydrogen-bond acceptors (Lipinski definition) is 4. The summed E-state index contributed by atoms with van der Waals surface area (Å²) in [6.45, 7) is 4.53. The van der Waals surface area contributed by atoms with Crippen molar-refractivity contribution in [2.75, 3.05) is 13.2 Å². The molecule has 1 heterocycles. The molecule has 0 unspecified atom stereocenters. The quantitative estimate of drug-likeness (QED) is 0.867. The molecule has 0 bridgehead atoms. The second kappa shape index (κ2) is 6.38. The maximum absolute atomic E-state index is 8.89. The van der Waals surface area contributed by atoms with Crippen LogP contribution in [0.15, 0.2) is 28.7 Å². The first-order valence-corrected chi connectivity index (χ1v) is 6.44. The zero-order valence-corrected chi connectivity index (χ0v) is 11.3. The Morgan fingerprint density at radius 3 is 2.58 bits per heavy atom. The molecule has 2 rings (SSSR count). The highest BCUT2D eigenvalue weighted by Gasteiger charge is 2.08. The van der Waals surface area contributed by atoms with Crippen molar-refractivity contribution in [3.8, 4) is 5.75 Å². The second-order valence-electron chi connectivity index (χ2n) is 4.50. The van der Waals surface area contributed by atoms with Crippen LogP contribution in [-0.4, -0.2) is 23.3 Å². The van der Waals surface area contributed by atoms with Crippen LogP contribution in [0.5, 0.6) is 5.75 Å². The van der Waals surface area contributed by atoms with Gasteiger partial charge in [0.15, 0.2) is 5.89 Å². The maximum atomic E-state index is 8.89. The van der Waals surface area contributed by atoms with Gasteiger partial charge in [0.05, 0.1) is 18.7 Å². The Bertz CT molecular complexity index is 517. The van der Waals surface area contributed by atoms with E-state index in [1.807, 2.05) is 38.1 Å². The zero-order chi connectivity index (χ0) is 13.7. The Kier molecular flexibility index (Phi) is 4.58. The van der Waals surface area contributed by atoms with Gasteiger partial charge in [0, 0.05) is 13.0 Å². The molecular weight excluding hydrogens is 242 g/mol. The fraction of sp³-hybridized carbons (Fsp3) is 0.400. The van der Waals surface area contributed by atoms with Gasteiger partial charge in [0.1, 0.15) is 11.5 Å². The lowest BCUT2D eigenvalue weighted by atomic mass is 10.2. The summed E-state index contributed by atoms with van der Waals surface area (Å²) in [6.07, 6.45) is 1.16. The lowest BCUT2D eigenvalue weighted by Crippen LogP contribution is -2.02. The molecule has 0 saturated heterocycles. The number of oxazole rings is 1. The molecule has 0 aliphatic rings. The summed E-state index contributed by atoms with van der Waals surface area (Å²) in [4.78, 5) is 4.34. The zero-order valence-electron chi connectivity index (χ0n) is 11.3. The second-order valence-corrected chi connectivity index (χ2v) is 4.50. The van der Waals surface area contributed by atoms with Crippen LogP contribution in [0.25, 0.3) is 0 Å². The van der Waals surface area contributed by atoms with Crippen molar-refractivity contribution in [2.45, 2.75) is 26.7 Å². The van der Waals surface area contributed by atoms with Gasteiger partial charge < -0.3 is 14.3 Å². The fourth-order valence-corrected chi connectivity index (χ4v) is 1.82. The molecule has 2 aromatic rings. The van der Waals surface area contributed by atoms with Crippen LogP contribution in [0, 0.1) is 13.8 Å². The minimum absolute atomic E-state index is 0.0900. The summed E-state index contributed by atoms with van der Waals surface area (Å²) in [5, 5.41) is 8.89. The smallest absolute Gasteiger partial charge is 0.198 e. The van der Waals surface area contributed by atoms with E-state index in [1.54, 1.807) is 0 Å². The van der Waals surface area contributed by atoms with Gasteiger partial charge in [-0.2, -0.15) is 0 Å². The molecule has 0 fully saturated rings. The molecule has 1 N–H and O–H groups in total. The summed E-state index contributed by atoms with van der Waals surface area (Å²) in [5.41, 5.74) is 2.04. The molecule has 0 aliphatic carbocycles. The van der Waals surface area contributed by atoms with E-state index in [4.69, 9.17) is 14.3 Å². The molecule has 0 amide bonds. The molecule has 1 aromatic carbocycles. The Morgan fingerprint density at radius 2 is 1.89 bits per heavy atom. The molecule has 1 aromatic heterocycles. The summed E-state index contributed by atoms with van der Waals surface area (Å²) in [5.74, 6) is 2.29. The van der Waals surface area contributed by atoms with E-state index in [1.165, 1.54) is 5.56 Å². The van der Waals surface area contributed by atoms with Crippen LogP contribution in [0.2, 0.25) is 0 Å². The first kappa shape index (κ1) is 13.6. The Balaban J connectivity index is 1.85. The van der Waals surface area contributed by atoms with Crippen molar-refractivity contribution in [1.82, 2.24) is 4.98 Å². The van der Waals surface area contributed by atoms with Gasteiger partial charge in [0.2, 0.25) is 0 Å². The average Bonchev–Trinajstić information content (AvgIpc) is 2.73. The third-order valence-electron chi connectivity index (χ3n) is 2.89. The predicted octanol–water partition coefficient (Wildman–Crippen LogP) is 2.45. The third-order valence-corrected chi connectivity index (χ3v) is 2.89. The van der Waals surface area contributed by atoms with Crippen LogP contribution >= 0.6 is 0 Å². The molecular formula is C15H19NO3. The molecule has 102 valence electrons. The van der Waals surface area contributed by atoms with Crippen LogP contribution in [0.4, 0.5) is 0 Å². The van der Waals surface area contributed by atoms with Crippen LogP contribution < -0.4 is 4.74 Å². The van der Waals surface area contributed by atoms with Crippen molar-refractivity contribution in [2.24, 2.45) is 0 Å². The monoisotopic (exact) mass is 261 g/mol. The number of benzene rings is 1. The Hall–Kier alpha value is -1.81. The highest BCUT2D eigenvalue weighted by atomic mass is 16.5. The van der Waals surface area contributed by atoms with E-state index >= 15 is 0 Å². The van der Waals surface area contributed by atoms with E-state index in [2.05, 4.69) is 4.98 Å². The average molecular weight is 261 g/mol. The Labute approximate surface area is 113 Å². The normalized spacial score (nSPS) is 10.7. The SMILES string of the molecule is Cc1ccc(OCCc2nc(CCO)c(C)o2)cc1. The molecule has 19 heavy (non-hydrogen) atoms. The lowest BCUT2D eigenvalue weighted by Gasteiger charge is -2.04. The highest BCUT2D eigenvalue weighted by molar-refractivity contribution is 5.26. The minimum atomic E-state index is 0.0900. The fourth-order valence-electron chi connectivity index (χ4n) is 1.82. The third kappa shape index (κ3) is 3.83. The topological polar surface area (TPSA) is 55.5 Å². The van der Waals surface area contributed by atoms with Gasteiger partial charge >= 0.3 is 0 Å².